The maximum atomic E-state index is 8.67. The molecule has 0 atom stereocenters. The van der Waals surface area contributed by atoms with Gasteiger partial charge in [0.25, 0.3) is 0 Å². The lowest BCUT2D eigenvalue weighted by Crippen LogP contribution is -1.53. The predicted molar refractivity (Wildman–Crippen MR) is 25.9 cm³/mol. The van der Waals surface area contributed by atoms with Crippen molar-refractivity contribution in [2.75, 3.05) is 0 Å². The predicted octanol–water partition coefficient (Wildman–Crippen LogP) is -0.303. The molecule has 1 heterocycles. The van der Waals surface area contributed by atoms with Crippen molar-refractivity contribution in [2.45, 2.75) is 0 Å². The summed E-state index contributed by atoms with van der Waals surface area (Å²) in [6.45, 7) is 0. The second kappa shape index (κ2) is 4.91. The molecule has 0 unspecified atom stereocenters. The summed E-state index contributed by atoms with van der Waals surface area (Å²) in [6, 6.07) is 0. The molecule has 0 amide bonds. The van der Waals surface area contributed by atoms with Crippen LogP contribution in [-0.4, -0.2) is 18.6 Å². The van der Waals surface area contributed by atoms with Crippen molar-refractivity contribution >= 4 is 10.5 Å². The molecular formula is C2H3N3O3S. The van der Waals surface area contributed by atoms with Crippen LogP contribution in [0, 0.1) is 4.78 Å². The molecule has 0 aliphatic heterocycles. The average Bonchev–Trinajstić information content (AvgIpc) is 2.11. The van der Waals surface area contributed by atoms with E-state index in [0.717, 1.165) is 0 Å². The average molecular weight is 149 g/mol. The van der Waals surface area contributed by atoms with Crippen LogP contribution in [0.3, 0.4) is 0 Å². The summed E-state index contributed by atoms with van der Waals surface area (Å²) < 4.78 is 27.2. The molecule has 0 aliphatic carbocycles. The van der Waals surface area contributed by atoms with Gasteiger partial charge in [0, 0.05) is 0 Å². The van der Waals surface area contributed by atoms with Crippen LogP contribution in [-0.2, 0) is 10.5 Å². The minimum atomic E-state index is -2.61. The molecule has 1 rings (SSSR count). The number of hydrogen-bond donors (Lipinski definition) is 1. The van der Waals surface area contributed by atoms with Crippen LogP contribution in [0.25, 0.3) is 0 Å². The van der Waals surface area contributed by atoms with Gasteiger partial charge in [0.2, 0.25) is 12.8 Å². The van der Waals surface area contributed by atoms with Crippen LogP contribution in [0.5, 0.6) is 0 Å². The van der Waals surface area contributed by atoms with E-state index in [4.69, 9.17) is 13.2 Å². The van der Waals surface area contributed by atoms with Crippen LogP contribution >= 0.6 is 0 Å². The van der Waals surface area contributed by atoms with Crippen LogP contribution in [0.2, 0.25) is 0 Å². The lowest BCUT2D eigenvalue weighted by molar-refractivity contribution is 0.553. The fourth-order valence-electron chi connectivity index (χ4n) is 0.136. The van der Waals surface area contributed by atoms with Crippen molar-refractivity contribution in [2.24, 2.45) is 0 Å². The van der Waals surface area contributed by atoms with Crippen molar-refractivity contribution in [3.63, 3.8) is 0 Å². The van der Waals surface area contributed by atoms with Crippen LogP contribution in [0.1, 0.15) is 0 Å². The number of rotatable bonds is 0. The van der Waals surface area contributed by atoms with Crippen LogP contribution in [0.15, 0.2) is 17.2 Å². The van der Waals surface area contributed by atoms with Crippen LogP contribution < -0.4 is 0 Å². The Morgan fingerprint density at radius 3 is 1.78 bits per heavy atom. The number of nitrogens with one attached hydrogen (secondary N) is 1. The van der Waals surface area contributed by atoms with E-state index in [1.54, 1.807) is 0 Å². The first-order chi connectivity index (χ1) is 4.23. The summed E-state index contributed by atoms with van der Waals surface area (Å²) in [5.74, 6) is 0. The molecule has 1 N–H and O–H groups in total. The second-order valence-corrected chi connectivity index (χ2v) is 1.28. The molecule has 6 nitrogen and oxygen atoms in total. The first-order valence-electron chi connectivity index (χ1n) is 1.73. The Hall–Kier alpha value is -1.24. The molecule has 1 aromatic rings. The third-order valence-electron chi connectivity index (χ3n) is 0.283. The van der Waals surface area contributed by atoms with E-state index in [2.05, 4.69) is 14.6 Å². The molecule has 0 aromatic carbocycles. The molecule has 1 aromatic heterocycles. The van der Waals surface area contributed by atoms with Crippen molar-refractivity contribution in [1.82, 2.24) is 10.2 Å². The van der Waals surface area contributed by atoms with E-state index in [1.807, 2.05) is 0 Å². The Bertz CT molecular complexity index is 199. The molecule has 0 saturated heterocycles. The molecule has 9 heavy (non-hydrogen) atoms. The minimum Gasteiger partial charge on any atom is -0.431 e. The normalized spacial score (nSPS) is 7.11. The van der Waals surface area contributed by atoms with Crippen molar-refractivity contribution < 1.29 is 12.8 Å². The summed E-state index contributed by atoms with van der Waals surface area (Å²) in [5, 5.41) is 6.61. The Morgan fingerprint density at radius 2 is 1.67 bits per heavy atom. The van der Waals surface area contributed by atoms with Gasteiger partial charge in [-0.05, 0) is 0 Å². The van der Waals surface area contributed by atoms with E-state index in [-0.39, 0.29) is 0 Å². The number of aromatic nitrogens is 2. The number of nitrogens with zero attached hydrogens (tertiary/aromatic N) is 2. The van der Waals surface area contributed by atoms with E-state index < -0.39 is 10.5 Å². The van der Waals surface area contributed by atoms with Gasteiger partial charge < -0.3 is 4.42 Å². The zero-order valence-electron chi connectivity index (χ0n) is 4.18. The minimum absolute atomic E-state index is 1.26. The maximum Gasteiger partial charge on any atom is 0.308 e. The topological polar surface area (TPSA) is 96.9 Å². The molecule has 0 spiro atoms. The second-order valence-electron chi connectivity index (χ2n) is 0.813. The molecule has 0 fully saturated rings. The lowest BCUT2D eigenvalue weighted by Gasteiger charge is -1.44. The van der Waals surface area contributed by atoms with Gasteiger partial charge in [-0.3, -0.25) is 0 Å². The standard InChI is InChI=1S/C2H2N2O.HNO2S/c1-3-4-2-5-1;1-4(2)3/h1-2H;1H. The molecule has 7 heteroatoms. The maximum absolute atomic E-state index is 8.67. The highest BCUT2D eigenvalue weighted by Gasteiger charge is 1.60. The highest BCUT2D eigenvalue weighted by Crippen LogP contribution is 1.64. The van der Waals surface area contributed by atoms with E-state index >= 15 is 0 Å². The summed E-state index contributed by atoms with van der Waals surface area (Å²) in [7, 11) is -2.61. The van der Waals surface area contributed by atoms with E-state index in [1.165, 1.54) is 12.8 Å². The molecule has 0 radical (unpaired) electrons. The summed E-state index contributed by atoms with van der Waals surface area (Å²) in [4.78, 5) is 0. The summed E-state index contributed by atoms with van der Waals surface area (Å²) >= 11 is 0. The Labute approximate surface area is 52.0 Å². The largest absolute Gasteiger partial charge is 0.431 e. The zero-order chi connectivity index (χ0) is 7.11. The van der Waals surface area contributed by atoms with Gasteiger partial charge in [-0.1, -0.05) is 0 Å². The van der Waals surface area contributed by atoms with Gasteiger partial charge >= 0.3 is 10.5 Å². The smallest absolute Gasteiger partial charge is 0.308 e. The third kappa shape index (κ3) is 10.8. The molecule has 50 valence electrons. The van der Waals surface area contributed by atoms with Gasteiger partial charge in [0.15, 0.2) is 0 Å². The summed E-state index contributed by atoms with van der Waals surface area (Å²) in [5.41, 5.74) is 0. The van der Waals surface area contributed by atoms with E-state index in [0.29, 0.717) is 0 Å². The monoisotopic (exact) mass is 149 g/mol. The van der Waals surface area contributed by atoms with Gasteiger partial charge in [-0.25, -0.2) is 0 Å². The van der Waals surface area contributed by atoms with Crippen LogP contribution in [0.4, 0.5) is 0 Å². The SMILES string of the molecule is N=S(=O)=O.c1nnco1. The van der Waals surface area contributed by atoms with Gasteiger partial charge in [-0.2, -0.15) is 13.2 Å². The quantitative estimate of drug-likeness (QED) is 0.546. The summed E-state index contributed by atoms with van der Waals surface area (Å²) in [6.07, 6.45) is 2.53. The first kappa shape index (κ1) is 7.76. The van der Waals surface area contributed by atoms with E-state index in [9.17, 15) is 0 Å². The van der Waals surface area contributed by atoms with Gasteiger partial charge in [0.05, 0.1) is 0 Å². The zero-order valence-corrected chi connectivity index (χ0v) is 5.00. The molecule has 0 bridgehead atoms. The first-order valence-corrected chi connectivity index (χ1v) is 2.80. The van der Waals surface area contributed by atoms with Crippen molar-refractivity contribution in [1.29, 1.82) is 4.78 Å². The highest BCUT2D eigenvalue weighted by molar-refractivity contribution is 7.60. The Balaban J connectivity index is 0.000000148. The fourth-order valence-corrected chi connectivity index (χ4v) is 0.136. The molecule has 0 aliphatic rings. The Morgan fingerprint density at radius 1 is 1.33 bits per heavy atom. The van der Waals surface area contributed by atoms with Crippen molar-refractivity contribution in [3.8, 4) is 0 Å². The lowest BCUT2D eigenvalue weighted by atomic mass is 11.5. The molecular weight excluding hydrogens is 146 g/mol. The number of hydrogen-bond acceptors (Lipinski definition) is 6. The fraction of sp³-hybridized carbons (Fsp3) is 0. The highest BCUT2D eigenvalue weighted by atomic mass is 32.2. The Kier molecular flexibility index (Phi) is 4.23. The third-order valence-corrected chi connectivity index (χ3v) is 0.283. The molecule has 0 saturated carbocycles. The van der Waals surface area contributed by atoms with Crippen molar-refractivity contribution in [3.05, 3.63) is 12.8 Å². The van der Waals surface area contributed by atoms with Gasteiger partial charge in [0.1, 0.15) is 0 Å². The van der Waals surface area contributed by atoms with Gasteiger partial charge in [-0.15, -0.1) is 10.2 Å².